The van der Waals surface area contributed by atoms with Crippen LogP contribution in [0.5, 0.6) is 0 Å². The Morgan fingerprint density at radius 2 is 2.04 bits per heavy atom. The summed E-state index contributed by atoms with van der Waals surface area (Å²) >= 11 is 0. The van der Waals surface area contributed by atoms with Crippen molar-refractivity contribution in [1.82, 2.24) is 4.90 Å². The molecular weight excluding hydrogens is 307 g/mol. The maximum absolute atomic E-state index is 13.4. The molecule has 0 radical (unpaired) electrons. The third-order valence-electron chi connectivity index (χ3n) is 4.26. The van der Waals surface area contributed by atoms with Crippen molar-refractivity contribution in [1.29, 1.82) is 0 Å². The molecule has 0 spiro atoms. The van der Waals surface area contributed by atoms with Gasteiger partial charge >= 0.3 is 0 Å². The Morgan fingerprint density at radius 1 is 1.25 bits per heavy atom. The predicted octanol–water partition coefficient (Wildman–Crippen LogP) is 2.82. The summed E-state index contributed by atoms with van der Waals surface area (Å²) < 4.78 is 19.1. The van der Waals surface area contributed by atoms with Crippen LogP contribution in [0.4, 0.5) is 4.39 Å². The first-order chi connectivity index (χ1) is 11.6. The van der Waals surface area contributed by atoms with E-state index >= 15 is 0 Å². The van der Waals surface area contributed by atoms with Crippen molar-refractivity contribution in [2.45, 2.75) is 18.6 Å². The monoisotopic (exact) mass is 328 g/mol. The van der Waals surface area contributed by atoms with Crippen molar-refractivity contribution < 1.29 is 13.9 Å². The molecule has 2 atom stereocenters. The first kappa shape index (κ1) is 16.6. The Hall–Kier alpha value is -2.24. The molecule has 126 valence electrons. The van der Waals surface area contributed by atoms with Crippen molar-refractivity contribution in [3.63, 3.8) is 0 Å². The van der Waals surface area contributed by atoms with Crippen LogP contribution in [0.25, 0.3) is 0 Å². The van der Waals surface area contributed by atoms with Gasteiger partial charge in [-0.2, -0.15) is 0 Å². The van der Waals surface area contributed by atoms with Gasteiger partial charge in [0.15, 0.2) is 0 Å². The number of nitrogens with zero attached hydrogens (tertiary/aromatic N) is 1. The molecule has 0 unspecified atom stereocenters. The van der Waals surface area contributed by atoms with Crippen LogP contribution in [0.3, 0.4) is 0 Å². The minimum atomic E-state index is -0.325. The Balaban J connectivity index is 1.63. The molecule has 4 nitrogen and oxygen atoms in total. The third-order valence-corrected chi connectivity index (χ3v) is 4.26. The number of halogens is 1. The summed E-state index contributed by atoms with van der Waals surface area (Å²) in [6, 6.07) is 15.6. The molecular formula is C19H21FN2O2. The highest BCUT2D eigenvalue weighted by atomic mass is 19.1. The van der Waals surface area contributed by atoms with Gasteiger partial charge in [-0.1, -0.05) is 42.5 Å². The van der Waals surface area contributed by atoms with Gasteiger partial charge in [0, 0.05) is 19.0 Å². The standard InChI is InChI=1S/C19H21FN2O2/c20-16-8-4-7-15(11-16)18-13-22(9-10-24-18)19(23)12-17(21)14-5-2-1-3-6-14/h1-8,11,17-18H,9-10,12-13,21H2/t17-,18-/m0/s1. The van der Waals surface area contributed by atoms with E-state index in [-0.39, 0.29) is 30.3 Å². The molecule has 2 aromatic carbocycles. The zero-order valence-electron chi connectivity index (χ0n) is 13.4. The predicted molar refractivity (Wildman–Crippen MR) is 89.7 cm³/mol. The normalized spacial score (nSPS) is 19.1. The SMILES string of the molecule is N[C@@H](CC(=O)N1CCO[C@H](c2cccc(F)c2)C1)c1ccccc1. The first-order valence-electron chi connectivity index (χ1n) is 8.09. The van der Waals surface area contributed by atoms with Crippen LogP contribution in [0.2, 0.25) is 0 Å². The van der Waals surface area contributed by atoms with Gasteiger partial charge in [0.2, 0.25) is 5.91 Å². The number of nitrogens with two attached hydrogens (primary N) is 1. The third kappa shape index (κ3) is 3.99. The van der Waals surface area contributed by atoms with Crippen LogP contribution >= 0.6 is 0 Å². The van der Waals surface area contributed by atoms with E-state index in [9.17, 15) is 9.18 Å². The lowest BCUT2D eigenvalue weighted by molar-refractivity contribution is -0.139. The van der Waals surface area contributed by atoms with Gasteiger partial charge in [-0.25, -0.2) is 4.39 Å². The number of benzene rings is 2. The van der Waals surface area contributed by atoms with E-state index in [0.717, 1.165) is 11.1 Å². The Labute approximate surface area is 141 Å². The molecule has 2 N–H and O–H groups in total. The summed E-state index contributed by atoms with van der Waals surface area (Å²) in [5.41, 5.74) is 7.83. The van der Waals surface area contributed by atoms with E-state index in [1.807, 2.05) is 36.4 Å². The van der Waals surface area contributed by atoms with Crippen LogP contribution in [-0.4, -0.2) is 30.5 Å². The Bertz CT molecular complexity index is 693. The van der Waals surface area contributed by atoms with Crippen molar-refractivity contribution in [3.8, 4) is 0 Å². The van der Waals surface area contributed by atoms with E-state index < -0.39 is 0 Å². The van der Waals surface area contributed by atoms with Gasteiger partial charge in [0.25, 0.3) is 0 Å². The Morgan fingerprint density at radius 3 is 2.79 bits per heavy atom. The highest BCUT2D eigenvalue weighted by molar-refractivity contribution is 5.77. The summed E-state index contributed by atoms with van der Waals surface area (Å²) in [5, 5.41) is 0. The largest absolute Gasteiger partial charge is 0.370 e. The number of carbonyl (C=O) groups is 1. The van der Waals surface area contributed by atoms with Crippen molar-refractivity contribution >= 4 is 5.91 Å². The molecule has 3 rings (SSSR count). The smallest absolute Gasteiger partial charge is 0.224 e. The zero-order valence-corrected chi connectivity index (χ0v) is 13.4. The van der Waals surface area contributed by atoms with Crippen LogP contribution in [0, 0.1) is 5.82 Å². The van der Waals surface area contributed by atoms with E-state index in [4.69, 9.17) is 10.5 Å². The molecule has 24 heavy (non-hydrogen) atoms. The molecule has 5 heteroatoms. The lowest BCUT2D eigenvalue weighted by atomic mass is 10.0. The first-order valence-corrected chi connectivity index (χ1v) is 8.09. The van der Waals surface area contributed by atoms with E-state index in [2.05, 4.69) is 0 Å². The number of morpholine rings is 1. The molecule has 0 saturated carbocycles. The molecule has 1 amide bonds. The molecule has 0 bridgehead atoms. The average Bonchev–Trinajstić information content (AvgIpc) is 2.62. The molecule has 1 aliphatic heterocycles. The lowest BCUT2D eigenvalue weighted by Crippen LogP contribution is -2.43. The summed E-state index contributed by atoms with van der Waals surface area (Å²) in [7, 11) is 0. The van der Waals surface area contributed by atoms with Crippen LogP contribution in [0.15, 0.2) is 54.6 Å². The van der Waals surface area contributed by atoms with Crippen molar-refractivity contribution in [2.24, 2.45) is 5.73 Å². The maximum Gasteiger partial charge on any atom is 0.224 e. The topological polar surface area (TPSA) is 55.6 Å². The van der Waals surface area contributed by atoms with E-state index in [0.29, 0.717) is 19.7 Å². The number of rotatable bonds is 4. The minimum Gasteiger partial charge on any atom is -0.370 e. The van der Waals surface area contributed by atoms with Gasteiger partial charge in [0.1, 0.15) is 11.9 Å². The Kier molecular flexibility index (Phi) is 5.23. The van der Waals surface area contributed by atoms with Gasteiger partial charge < -0.3 is 15.4 Å². The fraction of sp³-hybridized carbons (Fsp3) is 0.316. The van der Waals surface area contributed by atoms with Crippen molar-refractivity contribution in [3.05, 3.63) is 71.5 Å². The average molecular weight is 328 g/mol. The second-order valence-corrected chi connectivity index (χ2v) is 5.98. The lowest BCUT2D eigenvalue weighted by Gasteiger charge is -2.33. The molecule has 1 saturated heterocycles. The fourth-order valence-corrected chi connectivity index (χ4v) is 2.92. The number of ether oxygens (including phenoxy) is 1. The van der Waals surface area contributed by atoms with Gasteiger partial charge in [-0.15, -0.1) is 0 Å². The summed E-state index contributed by atoms with van der Waals surface area (Å²) in [5.74, 6) is -0.304. The number of hydrogen-bond donors (Lipinski definition) is 1. The number of hydrogen-bond acceptors (Lipinski definition) is 3. The van der Waals surface area contributed by atoms with Crippen LogP contribution in [-0.2, 0) is 9.53 Å². The number of carbonyl (C=O) groups excluding carboxylic acids is 1. The maximum atomic E-state index is 13.4. The second kappa shape index (κ2) is 7.55. The van der Waals surface area contributed by atoms with E-state index in [1.165, 1.54) is 12.1 Å². The van der Waals surface area contributed by atoms with Crippen LogP contribution < -0.4 is 5.73 Å². The summed E-state index contributed by atoms with van der Waals surface area (Å²) in [6.07, 6.45) is -0.0498. The second-order valence-electron chi connectivity index (χ2n) is 5.98. The number of amides is 1. The van der Waals surface area contributed by atoms with Crippen molar-refractivity contribution in [2.75, 3.05) is 19.7 Å². The summed E-state index contributed by atoms with van der Waals surface area (Å²) in [4.78, 5) is 14.3. The van der Waals surface area contributed by atoms with Gasteiger partial charge in [0.05, 0.1) is 13.2 Å². The molecule has 0 aromatic heterocycles. The highest BCUT2D eigenvalue weighted by Crippen LogP contribution is 2.24. The quantitative estimate of drug-likeness (QED) is 0.939. The highest BCUT2D eigenvalue weighted by Gasteiger charge is 2.26. The van der Waals surface area contributed by atoms with Gasteiger partial charge in [-0.05, 0) is 23.3 Å². The zero-order chi connectivity index (χ0) is 16.9. The van der Waals surface area contributed by atoms with E-state index in [1.54, 1.807) is 11.0 Å². The molecule has 1 fully saturated rings. The summed E-state index contributed by atoms with van der Waals surface area (Å²) in [6.45, 7) is 1.39. The molecule has 2 aromatic rings. The minimum absolute atomic E-state index is 0.00365. The van der Waals surface area contributed by atoms with Crippen LogP contribution in [0.1, 0.15) is 29.7 Å². The molecule has 1 heterocycles. The molecule has 1 aliphatic rings. The van der Waals surface area contributed by atoms with Gasteiger partial charge in [-0.3, -0.25) is 4.79 Å². The fourth-order valence-electron chi connectivity index (χ4n) is 2.92. The molecule has 0 aliphatic carbocycles.